The molecule has 0 atom stereocenters. The third-order valence-corrected chi connectivity index (χ3v) is 4.45. The standard InChI is InChI=1S/C18H23F3N6O2/c1-17(2,7-15-24-26-27(3)25-15)9-23-16(28)13-6-14(29-10-18(19,20)21)12(8-22-13)11-4-5-11/h6,8,11H,4-5,7,9-10H2,1-3H3,(H,23,28). The first-order valence-corrected chi connectivity index (χ1v) is 9.23. The largest absolute Gasteiger partial charge is 0.484 e. The number of tetrazole rings is 1. The van der Waals surface area contributed by atoms with Gasteiger partial charge in [-0.15, -0.1) is 10.2 Å². The first-order valence-electron chi connectivity index (χ1n) is 9.23. The predicted octanol–water partition coefficient (Wildman–Crippen LogP) is 2.42. The van der Waals surface area contributed by atoms with Crippen LogP contribution in [0.3, 0.4) is 0 Å². The van der Waals surface area contributed by atoms with E-state index in [4.69, 9.17) is 4.74 Å². The molecular weight excluding hydrogens is 389 g/mol. The van der Waals surface area contributed by atoms with E-state index in [2.05, 4.69) is 25.7 Å². The van der Waals surface area contributed by atoms with Gasteiger partial charge in [-0.2, -0.15) is 18.0 Å². The lowest BCUT2D eigenvalue weighted by Crippen LogP contribution is -2.36. The summed E-state index contributed by atoms with van der Waals surface area (Å²) >= 11 is 0. The van der Waals surface area contributed by atoms with Crippen LogP contribution in [0.25, 0.3) is 0 Å². The summed E-state index contributed by atoms with van der Waals surface area (Å²) in [7, 11) is 1.67. The zero-order valence-electron chi connectivity index (χ0n) is 16.5. The van der Waals surface area contributed by atoms with Crippen molar-refractivity contribution in [2.75, 3.05) is 13.2 Å². The molecule has 2 heterocycles. The summed E-state index contributed by atoms with van der Waals surface area (Å²) in [5.41, 5.74) is 0.266. The molecule has 0 saturated heterocycles. The SMILES string of the molecule is Cn1nnc(CC(C)(C)CNC(=O)c2cc(OCC(F)(F)F)c(C3CC3)cn2)n1. The zero-order chi connectivity index (χ0) is 21.2. The highest BCUT2D eigenvalue weighted by atomic mass is 19.4. The number of carbonyl (C=O) groups is 1. The molecule has 1 saturated carbocycles. The van der Waals surface area contributed by atoms with Crippen molar-refractivity contribution >= 4 is 5.91 Å². The Morgan fingerprint density at radius 2 is 2.07 bits per heavy atom. The maximum absolute atomic E-state index is 12.5. The van der Waals surface area contributed by atoms with Crippen LogP contribution >= 0.6 is 0 Å². The second kappa shape index (κ2) is 7.96. The van der Waals surface area contributed by atoms with E-state index in [9.17, 15) is 18.0 Å². The molecule has 1 fully saturated rings. The normalized spacial score (nSPS) is 14.7. The van der Waals surface area contributed by atoms with Crippen molar-refractivity contribution in [3.8, 4) is 5.75 Å². The van der Waals surface area contributed by atoms with Gasteiger partial charge < -0.3 is 10.1 Å². The maximum Gasteiger partial charge on any atom is 0.422 e. The number of halogens is 3. The predicted molar refractivity (Wildman–Crippen MR) is 96.4 cm³/mol. The van der Waals surface area contributed by atoms with Crippen molar-refractivity contribution in [2.24, 2.45) is 12.5 Å². The van der Waals surface area contributed by atoms with E-state index in [1.54, 1.807) is 7.05 Å². The number of aryl methyl sites for hydroxylation is 1. The van der Waals surface area contributed by atoms with E-state index in [1.807, 2.05) is 13.8 Å². The van der Waals surface area contributed by atoms with Gasteiger partial charge in [0.15, 0.2) is 12.4 Å². The third kappa shape index (κ3) is 6.13. The fraction of sp³-hybridized carbons (Fsp3) is 0.611. The van der Waals surface area contributed by atoms with Crippen LogP contribution in [0, 0.1) is 5.41 Å². The van der Waals surface area contributed by atoms with E-state index in [-0.39, 0.29) is 22.8 Å². The van der Waals surface area contributed by atoms with Gasteiger partial charge in [0.25, 0.3) is 5.91 Å². The Morgan fingerprint density at radius 1 is 1.34 bits per heavy atom. The smallest absolute Gasteiger partial charge is 0.422 e. The van der Waals surface area contributed by atoms with Crippen molar-refractivity contribution in [1.82, 2.24) is 30.5 Å². The number of nitrogens with one attached hydrogen (secondary N) is 1. The highest BCUT2D eigenvalue weighted by Gasteiger charge is 2.32. The van der Waals surface area contributed by atoms with Gasteiger partial charge >= 0.3 is 6.18 Å². The molecule has 1 amide bonds. The molecule has 29 heavy (non-hydrogen) atoms. The summed E-state index contributed by atoms with van der Waals surface area (Å²) in [6, 6.07) is 1.28. The van der Waals surface area contributed by atoms with E-state index in [0.717, 1.165) is 12.8 Å². The summed E-state index contributed by atoms with van der Waals surface area (Å²) in [4.78, 5) is 18.0. The number of nitrogens with zero attached hydrogens (tertiary/aromatic N) is 5. The molecule has 158 valence electrons. The Morgan fingerprint density at radius 3 is 2.66 bits per heavy atom. The molecule has 3 rings (SSSR count). The molecule has 2 aromatic rings. The Kier molecular flexibility index (Phi) is 5.76. The van der Waals surface area contributed by atoms with Crippen molar-refractivity contribution in [1.29, 1.82) is 0 Å². The number of hydrogen-bond acceptors (Lipinski definition) is 6. The lowest BCUT2D eigenvalue weighted by Gasteiger charge is -2.23. The molecule has 1 N–H and O–H groups in total. The molecule has 0 unspecified atom stereocenters. The second-order valence-electron chi connectivity index (χ2n) is 8.00. The molecule has 0 aromatic carbocycles. The van der Waals surface area contributed by atoms with Crippen LogP contribution in [0.4, 0.5) is 13.2 Å². The van der Waals surface area contributed by atoms with Crippen LogP contribution in [-0.2, 0) is 13.5 Å². The lowest BCUT2D eigenvalue weighted by molar-refractivity contribution is -0.153. The molecule has 1 aliphatic rings. The fourth-order valence-electron chi connectivity index (χ4n) is 2.85. The minimum atomic E-state index is -4.45. The van der Waals surface area contributed by atoms with Gasteiger partial charge in [-0.25, -0.2) is 0 Å². The Labute approximate surface area is 165 Å². The molecule has 2 aromatic heterocycles. The maximum atomic E-state index is 12.5. The second-order valence-corrected chi connectivity index (χ2v) is 8.00. The monoisotopic (exact) mass is 412 g/mol. The Hall–Kier alpha value is -2.72. The summed E-state index contributed by atoms with van der Waals surface area (Å²) in [6.45, 7) is 2.76. The van der Waals surface area contributed by atoms with E-state index in [0.29, 0.717) is 24.4 Å². The van der Waals surface area contributed by atoms with Gasteiger partial charge in [-0.3, -0.25) is 9.78 Å². The zero-order valence-corrected chi connectivity index (χ0v) is 16.5. The number of alkyl halides is 3. The number of rotatable bonds is 8. The molecule has 0 aliphatic heterocycles. The number of ether oxygens (including phenoxy) is 1. The van der Waals surface area contributed by atoms with Crippen LogP contribution < -0.4 is 10.1 Å². The average molecular weight is 412 g/mol. The van der Waals surface area contributed by atoms with E-state index >= 15 is 0 Å². The molecule has 1 aliphatic carbocycles. The van der Waals surface area contributed by atoms with Gasteiger partial charge in [0, 0.05) is 30.8 Å². The van der Waals surface area contributed by atoms with Gasteiger partial charge in [-0.05, 0) is 29.4 Å². The molecule has 11 heteroatoms. The van der Waals surface area contributed by atoms with Crippen molar-refractivity contribution in [3.05, 3.63) is 29.3 Å². The van der Waals surface area contributed by atoms with Crippen molar-refractivity contribution in [2.45, 2.75) is 45.2 Å². The van der Waals surface area contributed by atoms with Gasteiger partial charge in [0.2, 0.25) is 0 Å². The first kappa shape index (κ1) is 21.0. The van der Waals surface area contributed by atoms with Gasteiger partial charge in [0.05, 0.1) is 7.05 Å². The van der Waals surface area contributed by atoms with E-state index in [1.165, 1.54) is 17.1 Å². The Balaban J connectivity index is 1.65. The quantitative estimate of drug-likeness (QED) is 0.716. The van der Waals surface area contributed by atoms with Crippen molar-refractivity contribution < 1.29 is 22.7 Å². The van der Waals surface area contributed by atoms with Crippen molar-refractivity contribution in [3.63, 3.8) is 0 Å². The fourth-order valence-corrected chi connectivity index (χ4v) is 2.85. The number of amides is 1. The van der Waals surface area contributed by atoms with Crippen LogP contribution in [0.2, 0.25) is 0 Å². The average Bonchev–Trinajstić information content (AvgIpc) is 3.39. The molecule has 0 spiro atoms. The molecule has 8 nitrogen and oxygen atoms in total. The van der Waals surface area contributed by atoms with Gasteiger partial charge in [0.1, 0.15) is 11.4 Å². The highest BCUT2D eigenvalue weighted by Crippen LogP contribution is 2.44. The summed E-state index contributed by atoms with van der Waals surface area (Å²) < 4.78 is 42.6. The Bertz CT molecular complexity index is 877. The van der Waals surface area contributed by atoms with Crippen LogP contribution in [0.1, 0.15) is 54.5 Å². The highest BCUT2D eigenvalue weighted by molar-refractivity contribution is 5.92. The number of carbonyl (C=O) groups excluding carboxylic acids is 1. The molecule has 0 bridgehead atoms. The van der Waals surface area contributed by atoms with Crippen LogP contribution in [0.5, 0.6) is 5.75 Å². The minimum Gasteiger partial charge on any atom is -0.484 e. The van der Waals surface area contributed by atoms with Crippen LogP contribution in [-0.4, -0.2) is 50.4 Å². The topological polar surface area (TPSA) is 94.8 Å². The van der Waals surface area contributed by atoms with Crippen LogP contribution in [0.15, 0.2) is 12.3 Å². The number of aromatic nitrogens is 5. The summed E-state index contributed by atoms with van der Waals surface area (Å²) in [6.07, 6.45) is -0.771. The summed E-state index contributed by atoms with van der Waals surface area (Å²) in [5, 5.41) is 14.6. The lowest BCUT2D eigenvalue weighted by atomic mass is 9.89. The van der Waals surface area contributed by atoms with Gasteiger partial charge in [-0.1, -0.05) is 13.8 Å². The molecule has 0 radical (unpaired) electrons. The molecular formula is C18H23F3N6O2. The van der Waals surface area contributed by atoms with E-state index < -0.39 is 18.7 Å². The number of pyridine rings is 1. The number of hydrogen-bond donors (Lipinski definition) is 1. The third-order valence-electron chi connectivity index (χ3n) is 4.45. The minimum absolute atomic E-state index is 0.0139. The first-order chi connectivity index (χ1) is 13.5. The summed E-state index contributed by atoms with van der Waals surface area (Å²) in [5.74, 6) is 0.278.